The second-order valence-electron chi connectivity index (χ2n) is 4.88. The van der Waals surface area contributed by atoms with Gasteiger partial charge < -0.3 is 14.8 Å². The van der Waals surface area contributed by atoms with Crippen LogP contribution < -0.4 is 14.8 Å². The first kappa shape index (κ1) is 15.9. The molecule has 1 N–H and O–H groups in total. The lowest BCUT2D eigenvalue weighted by Gasteiger charge is -2.18. The fourth-order valence-electron chi connectivity index (χ4n) is 2.53. The molecule has 1 heterocycles. The molecule has 0 saturated carbocycles. The standard InChI is InChI=1S/C14H17F4NO2/c1-20-11-7-10(13(15)16)12(21-14(17)18)6-8(11)5-9-3-2-4-19-9/h6-7,9,13-14,19H,2-5H2,1H3. The Balaban J connectivity index is 2.32. The molecule has 0 spiro atoms. The van der Waals surface area contributed by atoms with E-state index in [4.69, 9.17) is 4.74 Å². The zero-order valence-corrected chi connectivity index (χ0v) is 11.5. The summed E-state index contributed by atoms with van der Waals surface area (Å²) in [5.41, 5.74) is -0.00719. The summed E-state index contributed by atoms with van der Waals surface area (Å²) in [5, 5.41) is 3.26. The van der Waals surface area contributed by atoms with Gasteiger partial charge in [0.05, 0.1) is 12.7 Å². The van der Waals surface area contributed by atoms with Gasteiger partial charge in [0.1, 0.15) is 11.5 Å². The summed E-state index contributed by atoms with van der Waals surface area (Å²) < 4.78 is 59.9. The van der Waals surface area contributed by atoms with Crippen LogP contribution in [0.25, 0.3) is 0 Å². The summed E-state index contributed by atoms with van der Waals surface area (Å²) in [4.78, 5) is 0. The van der Waals surface area contributed by atoms with Crippen molar-refractivity contribution in [3.8, 4) is 11.5 Å². The van der Waals surface area contributed by atoms with Crippen molar-refractivity contribution >= 4 is 0 Å². The van der Waals surface area contributed by atoms with E-state index in [-0.39, 0.29) is 11.8 Å². The van der Waals surface area contributed by atoms with Gasteiger partial charge in [-0.1, -0.05) is 0 Å². The molecule has 1 fully saturated rings. The molecule has 0 bridgehead atoms. The molecule has 0 aliphatic carbocycles. The van der Waals surface area contributed by atoms with E-state index in [9.17, 15) is 17.6 Å². The number of benzene rings is 1. The fraction of sp³-hybridized carbons (Fsp3) is 0.571. The molecule has 118 valence electrons. The van der Waals surface area contributed by atoms with E-state index in [2.05, 4.69) is 10.1 Å². The SMILES string of the molecule is COc1cc(C(F)F)c(OC(F)F)cc1CC1CCCN1. The van der Waals surface area contributed by atoms with Gasteiger partial charge in [0.2, 0.25) is 0 Å². The highest BCUT2D eigenvalue weighted by atomic mass is 19.3. The normalized spacial score (nSPS) is 18.5. The Bertz CT molecular complexity index is 476. The molecular formula is C14H17F4NO2. The van der Waals surface area contributed by atoms with Crippen molar-refractivity contribution in [1.29, 1.82) is 0 Å². The Labute approximate surface area is 120 Å². The molecule has 1 unspecified atom stereocenters. The van der Waals surface area contributed by atoms with Crippen molar-refractivity contribution in [2.75, 3.05) is 13.7 Å². The highest BCUT2D eigenvalue weighted by molar-refractivity contribution is 5.47. The van der Waals surface area contributed by atoms with Crippen molar-refractivity contribution in [3.05, 3.63) is 23.3 Å². The predicted octanol–water partition coefficient (Wildman–Crippen LogP) is 3.53. The quantitative estimate of drug-likeness (QED) is 0.816. The minimum Gasteiger partial charge on any atom is -0.496 e. The van der Waals surface area contributed by atoms with Crippen LogP contribution in [0, 0.1) is 0 Å². The number of nitrogens with one attached hydrogen (secondary N) is 1. The van der Waals surface area contributed by atoms with Crippen molar-refractivity contribution < 1.29 is 27.0 Å². The number of hydrogen-bond donors (Lipinski definition) is 1. The molecular weight excluding hydrogens is 290 g/mol. The minimum absolute atomic E-state index is 0.190. The van der Waals surface area contributed by atoms with Gasteiger partial charge in [-0.25, -0.2) is 8.78 Å². The Hall–Kier alpha value is -1.50. The van der Waals surface area contributed by atoms with Crippen LogP contribution in [0.5, 0.6) is 11.5 Å². The van der Waals surface area contributed by atoms with Gasteiger partial charge in [0.25, 0.3) is 6.43 Å². The Morgan fingerprint density at radius 2 is 2.00 bits per heavy atom. The summed E-state index contributed by atoms with van der Waals surface area (Å²) in [6.45, 7) is -2.25. The predicted molar refractivity (Wildman–Crippen MR) is 69.3 cm³/mol. The summed E-state index contributed by atoms with van der Waals surface area (Å²) in [7, 11) is 1.36. The van der Waals surface area contributed by atoms with Crippen molar-refractivity contribution in [1.82, 2.24) is 5.32 Å². The first-order chi connectivity index (χ1) is 10.0. The average Bonchev–Trinajstić information content (AvgIpc) is 2.91. The first-order valence-electron chi connectivity index (χ1n) is 6.68. The molecule has 21 heavy (non-hydrogen) atoms. The summed E-state index contributed by atoms with van der Waals surface area (Å²) in [6.07, 6.45) is -0.411. The Morgan fingerprint density at radius 1 is 1.24 bits per heavy atom. The lowest BCUT2D eigenvalue weighted by atomic mass is 10.0. The summed E-state index contributed by atoms with van der Waals surface area (Å²) in [5.74, 6) is -0.227. The monoisotopic (exact) mass is 307 g/mol. The largest absolute Gasteiger partial charge is 0.496 e. The number of ether oxygens (including phenoxy) is 2. The van der Waals surface area contributed by atoms with Crippen LogP contribution in [0.2, 0.25) is 0 Å². The van der Waals surface area contributed by atoms with Crippen molar-refractivity contribution in [2.24, 2.45) is 0 Å². The number of rotatable bonds is 6. The molecule has 3 nitrogen and oxygen atoms in total. The highest BCUT2D eigenvalue weighted by Crippen LogP contribution is 2.36. The van der Waals surface area contributed by atoms with E-state index >= 15 is 0 Å². The molecule has 7 heteroatoms. The molecule has 0 radical (unpaired) electrons. The van der Waals surface area contributed by atoms with Crippen molar-refractivity contribution in [2.45, 2.75) is 38.3 Å². The molecule has 1 saturated heterocycles. The molecule has 1 aromatic carbocycles. The second kappa shape index (κ2) is 6.98. The van der Waals surface area contributed by atoms with Crippen LogP contribution in [-0.4, -0.2) is 26.3 Å². The van der Waals surface area contributed by atoms with Gasteiger partial charge in [0.15, 0.2) is 0 Å². The number of alkyl halides is 4. The van der Waals surface area contributed by atoms with Crippen LogP contribution >= 0.6 is 0 Å². The van der Waals surface area contributed by atoms with E-state index in [0.717, 1.165) is 25.5 Å². The van der Waals surface area contributed by atoms with E-state index in [0.29, 0.717) is 12.0 Å². The van der Waals surface area contributed by atoms with E-state index in [1.165, 1.54) is 13.2 Å². The first-order valence-corrected chi connectivity index (χ1v) is 6.68. The third-order valence-electron chi connectivity index (χ3n) is 3.49. The van der Waals surface area contributed by atoms with E-state index in [1.807, 2.05) is 0 Å². The topological polar surface area (TPSA) is 30.5 Å². The summed E-state index contributed by atoms with van der Waals surface area (Å²) in [6, 6.07) is 2.50. The van der Waals surface area contributed by atoms with Crippen LogP contribution in [-0.2, 0) is 6.42 Å². The van der Waals surface area contributed by atoms with Crippen LogP contribution in [0.15, 0.2) is 12.1 Å². The maximum absolute atomic E-state index is 12.9. The van der Waals surface area contributed by atoms with Crippen LogP contribution in [0.3, 0.4) is 0 Å². The number of halogens is 4. The van der Waals surface area contributed by atoms with Gasteiger partial charge in [0, 0.05) is 6.04 Å². The molecule has 0 aromatic heterocycles. The molecule has 1 aromatic rings. The average molecular weight is 307 g/mol. The molecule has 2 rings (SSSR count). The van der Waals surface area contributed by atoms with Gasteiger partial charge in [-0.15, -0.1) is 0 Å². The maximum atomic E-state index is 12.9. The zero-order chi connectivity index (χ0) is 15.4. The molecule has 1 aliphatic heterocycles. The smallest absolute Gasteiger partial charge is 0.387 e. The second-order valence-corrected chi connectivity index (χ2v) is 4.88. The Kier molecular flexibility index (Phi) is 5.27. The fourth-order valence-corrected chi connectivity index (χ4v) is 2.53. The van der Waals surface area contributed by atoms with Gasteiger partial charge in [-0.05, 0) is 43.5 Å². The molecule has 0 amide bonds. The lowest BCUT2D eigenvalue weighted by Crippen LogP contribution is -2.24. The molecule has 1 aliphatic rings. The van der Waals surface area contributed by atoms with Crippen LogP contribution in [0.1, 0.15) is 30.4 Å². The third-order valence-corrected chi connectivity index (χ3v) is 3.49. The highest BCUT2D eigenvalue weighted by Gasteiger charge is 2.23. The van der Waals surface area contributed by atoms with Crippen molar-refractivity contribution in [3.63, 3.8) is 0 Å². The summed E-state index contributed by atoms with van der Waals surface area (Å²) >= 11 is 0. The zero-order valence-electron chi connectivity index (χ0n) is 11.5. The minimum atomic E-state index is -3.15. The maximum Gasteiger partial charge on any atom is 0.387 e. The van der Waals surface area contributed by atoms with Gasteiger partial charge in [-0.3, -0.25) is 0 Å². The third kappa shape index (κ3) is 4.00. The van der Waals surface area contributed by atoms with E-state index in [1.54, 1.807) is 0 Å². The lowest BCUT2D eigenvalue weighted by molar-refractivity contribution is -0.0520. The molecule has 1 atom stereocenters. The van der Waals surface area contributed by atoms with Crippen LogP contribution in [0.4, 0.5) is 17.6 Å². The van der Waals surface area contributed by atoms with Gasteiger partial charge >= 0.3 is 6.61 Å². The number of hydrogen-bond acceptors (Lipinski definition) is 3. The number of methoxy groups -OCH3 is 1. The van der Waals surface area contributed by atoms with Gasteiger partial charge in [-0.2, -0.15) is 8.78 Å². The van der Waals surface area contributed by atoms with E-state index < -0.39 is 24.3 Å². The Morgan fingerprint density at radius 3 is 2.52 bits per heavy atom.